The lowest BCUT2D eigenvalue weighted by molar-refractivity contribution is 0.379. The van der Waals surface area contributed by atoms with Crippen LogP contribution in [0.4, 0.5) is 0 Å². The van der Waals surface area contributed by atoms with Crippen molar-refractivity contribution in [1.82, 2.24) is 9.38 Å². The molecule has 0 atom stereocenters. The van der Waals surface area contributed by atoms with E-state index in [4.69, 9.17) is 9.47 Å². The maximum atomic E-state index is 5.91. The molecule has 0 N–H and O–H groups in total. The van der Waals surface area contributed by atoms with Crippen molar-refractivity contribution >= 4 is 5.65 Å². The summed E-state index contributed by atoms with van der Waals surface area (Å²) in [6.07, 6.45) is 3.86. The number of nitrogens with zero attached hydrogens (tertiary/aromatic N) is 2. The summed E-state index contributed by atoms with van der Waals surface area (Å²) in [7, 11) is 1.64. The molecular weight excluding hydrogens is 300 g/mol. The maximum Gasteiger partial charge on any atom is 0.169 e. The molecule has 0 saturated carbocycles. The van der Waals surface area contributed by atoms with E-state index < -0.39 is 0 Å². The summed E-state index contributed by atoms with van der Waals surface area (Å²) in [5.41, 5.74) is 2.94. The Morgan fingerprint density at radius 2 is 1.71 bits per heavy atom. The molecule has 2 heterocycles. The van der Waals surface area contributed by atoms with Crippen molar-refractivity contribution in [3.8, 4) is 28.5 Å². The Labute approximate surface area is 139 Å². The lowest BCUT2D eigenvalue weighted by Gasteiger charge is -2.12. The predicted octanol–water partition coefficient (Wildman–Crippen LogP) is 4.80. The van der Waals surface area contributed by atoms with Crippen molar-refractivity contribution in [2.24, 2.45) is 0 Å². The second kappa shape index (κ2) is 6.08. The number of imidazole rings is 1. The van der Waals surface area contributed by atoms with Crippen LogP contribution >= 0.6 is 0 Å². The summed E-state index contributed by atoms with van der Waals surface area (Å²) < 4.78 is 13.5. The zero-order valence-electron chi connectivity index (χ0n) is 13.2. The Balaban J connectivity index is 1.74. The molecule has 0 aliphatic heterocycles. The van der Waals surface area contributed by atoms with Gasteiger partial charge >= 0.3 is 0 Å². The second-order valence-corrected chi connectivity index (χ2v) is 5.35. The normalized spacial score (nSPS) is 10.7. The Morgan fingerprint density at radius 1 is 0.875 bits per heavy atom. The monoisotopic (exact) mass is 316 g/mol. The van der Waals surface area contributed by atoms with Gasteiger partial charge in [0.25, 0.3) is 0 Å². The third kappa shape index (κ3) is 2.58. The molecule has 118 valence electrons. The molecule has 0 amide bonds. The fourth-order valence-electron chi connectivity index (χ4n) is 2.67. The molecule has 0 unspecified atom stereocenters. The van der Waals surface area contributed by atoms with Crippen LogP contribution in [-0.2, 0) is 0 Å². The summed E-state index contributed by atoms with van der Waals surface area (Å²) in [5.74, 6) is 2.14. The van der Waals surface area contributed by atoms with Crippen molar-refractivity contribution in [2.45, 2.75) is 0 Å². The first kappa shape index (κ1) is 14.3. The number of para-hydroxylation sites is 1. The van der Waals surface area contributed by atoms with Crippen molar-refractivity contribution in [2.75, 3.05) is 7.11 Å². The van der Waals surface area contributed by atoms with E-state index in [1.165, 1.54) is 0 Å². The molecule has 0 radical (unpaired) electrons. The third-order valence-corrected chi connectivity index (χ3v) is 3.85. The molecule has 0 spiro atoms. The zero-order chi connectivity index (χ0) is 16.4. The number of methoxy groups -OCH3 is 1. The first-order chi connectivity index (χ1) is 11.8. The summed E-state index contributed by atoms with van der Waals surface area (Å²) in [4.78, 5) is 4.43. The maximum absolute atomic E-state index is 5.91. The number of hydrogen-bond acceptors (Lipinski definition) is 3. The first-order valence-electron chi connectivity index (χ1n) is 7.68. The molecule has 0 fully saturated rings. The Bertz CT molecular complexity index is 977. The summed E-state index contributed by atoms with van der Waals surface area (Å²) in [6, 6.07) is 21.5. The highest BCUT2D eigenvalue weighted by molar-refractivity contribution is 5.67. The van der Waals surface area contributed by atoms with E-state index in [-0.39, 0.29) is 0 Å². The van der Waals surface area contributed by atoms with Crippen LogP contribution in [0.3, 0.4) is 0 Å². The molecule has 2 aromatic carbocycles. The summed E-state index contributed by atoms with van der Waals surface area (Å²) in [5, 5.41) is 0. The smallest absolute Gasteiger partial charge is 0.169 e. The molecule has 4 rings (SSSR count). The quantitative estimate of drug-likeness (QED) is 0.542. The first-order valence-corrected chi connectivity index (χ1v) is 7.68. The van der Waals surface area contributed by atoms with E-state index in [0.29, 0.717) is 11.5 Å². The minimum Gasteiger partial charge on any atom is -0.493 e. The van der Waals surface area contributed by atoms with Gasteiger partial charge in [-0.25, -0.2) is 4.98 Å². The number of pyridine rings is 1. The van der Waals surface area contributed by atoms with Gasteiger partial charge in [-0.05, 0) is 42.5 Å². The number of ether oxygens (including phenoxy) is 2. The van der Waals surface area contributed by atoms with Crippen LogP contribution in [0.15, 0.2) is 79.1 Å². The van der Waals surface area contributed by atoms with Gasteiger partial charge in [-0.3, -0.25) is 4.40 Å². The van der Waals surface area contributed by atoms with Crippen LogP contribution in [0.25, 0.3) is 16.9 Å². The second-order valence-electron chi connectivity index (χ2n) is 5.35. The largest absolute Gasteiger partial charge is 0.493 e. The number of rotatable bonds is 4. The minimum atomic E-state index is 0.682. The average molecular weight is 316 g/mol. The van der Waals surface area contributed by atoms with Crippen LogP contribution in [0.5, 0.6) is 17.2 Å². The highest BCUT2D eigenvalue weighted by Gasteiger charge is 2.11. The van der Waals surface area contributed by atoms with Gasteiger partial charge in [0.05, 0.1) is 19.0 Å². The van der Waals surface area contributed by atoms with E-state index in [1.807, 2.05) is 83.5 Å². The third-order valence-electron chi connectivity index (χ3n) is 3.85. The van der Waals surface area contributed by atoms with Crippen LogP contribution < -0.4 is 9.47 Å². The molecule has 4 heteroatoms. The van der Waals surface area contributed by atoms with Crippen molar-refractivity contribution in [3.63, 3.8) is 0 Å². The van der Waals surface area contributed by atoms with Gasteiger partial charge in [0.1, 0.15) is 11.4 Å². The van der Waals surface area contributed by atoms with Gasteiger partial charge in [-0.15, -0.1) is 0 Å². The van der Waals surface area contributed by atoms with Crippen LogP contribution in [-0.4, -0.2) is 16.5 Å². The predicted molar refractivity (Wildman–Crippen MR) is 93.7 cm³/mol. The Hall–Kier alpha value is -3.27. The van der Waals surface area contributed by atoms with E-state index in [2.05, 4.69) is 4.98 Å². The van der Waals surface area contributed by atoms with E-state index >= 15 is 0 Å². The van der Waals surface area contributed by atoms with Gasteiger partial charge in [-0.1, -0.05) is 24.3 Å². The fourth-order valence-corrected chi connectivity index (χ4v) is 2.67. The molecule has 2 aromatic heterocycles. The number of aromatic nitrogens is 2. The average Bonchev–Trinajstić information content (AvgIpc) is 3.07. The number of hydrogen-bond donors (Lipinski definition) is 0. The molecule has 0 aliphatic carbocycles. The van der Waals surface area contributed by atoms with E-state index in [1.54, 1.807) is 7.11 Å². The van der Waals surface area contributed by atoms with Crippen molar-refractivity contribution in [3.05, 3.63) is 79.1 Å². The van der Waals surface area contributed by atoms with Gasteiger partial charge in [0.15, 0.2) is 11.5 Å². The molecule has 0 bridgehead atoms. The topological polar surface area (TPSA) is 35.8 Å². The van der Waals surface area contributed by atoms with Gasteiger partial charge in [0.2, 0.25) is 0 Å². The standard InChI is InChI=1S/C20H16N2O2/c1-23-19-13-15(17-14-21-20-9-5-6-12-22(17)20)10-11-18(19)24-16-7-3-2-4-8-16/h2-14H,1H3. The Morgan fingerprint density at radius 3 is 2.54 bits per heavy atom. The van der Waals surface area contributed by atoms with Crippen molar-refractivity contribution in [1.29, 1.82) is 0 Å². The SMILES string of the molecule is COc1cc(-c2cnc3ccccn23)ccc1Oc1ccccc1. The molecule has 4 aromatic rings. The highest BCUT2D eigenvalue weighted by atomic mass is 16.5. The van der Waals surface area contributed by atoms with Gasteiger partial charge in [-0.2, -0.15) is 0 Å². The van der Waals surface area contributed by atoms with Crippen LogP contribution in [0.2, 0.25) is 0 Å². The number of benzene rings is 2. The van der Waals surface area contributed by atoms with Crippen LogP contribution in [0, 0.1) is 0 Å². The number of fused-ring (bicyclic) bond motifs is 1. The van der Waals surface area contributed by atoms with E-state index in [9.17, 15) is 0 Å². The van der Waals surface area contributed by atoms with Crippen LogP contribution in [0.1, 0.15) is 0 Å². The molecule has 0 saturated heterocycles. The lowest BCUT2D eigenvalue weighted by atomic mass is 10.1. The highest BCUT2D eigenvalue weighted by Crippen LogP contribution is 2.35. The molecule has 4 nitrogen and oxygen atoms in total. The minimum absolute atomic E-state index is 0.682. The Kier molecular flexibility index (Phi) is 3.63. The summed E-state index contributed by atoms with van der Waals surface area (Å²) in [6.45, 7) is 0. The van der Waals surface area contributed by atoms with Gasteiger partial charge in [0, 0.05) is 11.8 Å². The fraction of sp³-hybridized carbons (Fsp3) is 0.0500. The zero-order valence-corrected chi connectivity index (χ0v) is 13.2. The molecular formula is C20H16N2O2. The molecule has 0 aliphatic rings. The van der Waals surface area contributed by atoms with Crippen molar-refractivity contribution < 1.29 is 9.47 Å². The van der Waals surface area contributed by atoms with Gasteiger partial charge < -0.3 is 9.47 Å². The molecule has 24 heavy (non-hydrogen) atoms. The summed E-state index contributed by atoms with van der Waals surface area (Å²) >= 11 is 0. The van der Waals surface area contributed by atoms with E-state index in [0.717, 1.165) is 22.7 Å². The lowest BCUT2D eigenvalue weighted by Crippen LogP contribution is -1.92.